The Morgan fingerprint density at radius 3 is 2.68 bits per heavy atom. The highest BCUT2D eigenvalue weighted by Crippen LogP contribution is 2.28. The van der Waals surface area contributed by atoms with Gasteiger partial charge in [-0.2, -0.15) is 0 Å². The molecule has 0 radical (unpaired) electrons. The maximum Gasteiger partial charge on any atom is 0.335 e. The van der Waals surface area contributed by atoms with Gasteiger partial charge in [-0.25, -0.2) is 4.79 Å². The first-order valence-corrected chi connectivity index (χ1v) is 6.86. The molecular weight excluding hydrogens is 312 g/mol. The number of carboxylic acids is 1. The van der Waals surface area contributed by atoms with Gasteiger partial charge in [-0.3, -0.25) is 4.79 Å². The van der Waals surface area contributed by atoms with E-state index in [0.29, 0.717) is 16.6 Å². The standard InChI is InChI=1S/C13H15BrN2O3/c14-10-4-2-8(13(18)19)6-11(10)16-12(17)7-1-3-9(15)5-7/h2,4,6-7,9H,1,3,5,15H2,(H,16,17)(H,18,19). The highest BCUT2D eigenvalue weighted by atomic mass is 79.9. The van der Waals surface area contributed by atoms with E-state index in [1.54, 1.807) is 6.07 Å². The van der Waals surface area contributed by atoms with Gasteiger partial charge in [0.25, 0.3) is 0 Å². The van der Waals surface area contributed by atoms with Gasteiger partial charge in [0.05, 0.1) is 11.3 Å². The highest BCUT2D eigenvalue weighted by Gasteiger charge is 2.28. The van der Waals surface area contributed by atoms with Crippen molar-refractivity contribution in [2.45, 2.75) is 25.3 Å². The molecule has 1 aliphatic rings. The molecule has 5 nitrogen and oxygen atoms in total. The van der Waals surface area contributed by atoms with E-state index >= 15 is 0 Å². The van der Waals surface area contributed by atoms with E-state index in [4.69, 9.17) is 10.8 Å². The molecule has 0 saturated heterocycles. The number of carbonyl (C=O) groups is 2. The second-order valence-electron chi connectivity index (χ2n) is 4.76. The third kappa shape index (κ3) is 3.33. The second-order valence-corrected chi connectivity index (χ2v) is 5.61. The van der Waals surface area contributed by atoms with E-state index in [1.807, 2.05) is 0 Å². The summed E-state index contributed by atoms with van der Waals surface area (Å²) in [5.74, 6) is -1.21. The zero-order valence-electron chi connectivity index (χ0n) is 10.2. The number of benzene rings is 1. The van der Waals surface area contributed by atoms with Crippen LogP contribution in [0.5, 0.6) is 0 Å². The lowest BCUT2D eigenvalue weighted by Crippen LogP contribution is -2.23. The lowest BCUT2D eigenvalue weighted by Gasteiger charge is -2.12. The summed E-state index contributed by atoms with van der Waals surface area (Å²) in [6.07, 6.45) is 2.32. The molecule has 1 aromatic carbocycles. The number of anilines is 1. The van der Waals surface area contributed by atoms with E-state index < -0.39 is 5.97 Å². The number of hydrogen-bond donors (Lipinski definition) is 3. The van der Waals surface area contributed by atoms with Crippen LogP contribution in [0.3, 0.4) is 0 Å². The fraction of sp³-hybridized carbons (Fsp3) is 0.385. The Balaban J connectivity index is 2.12. The summed E-state index contributed by atoms with van der Waals surface area (Å²) in [5.41, 5.74) is 6.40. The van der Waals surface area contributed by atoms with Gasteiger partial charge in [-0.1, -0.05) is 0 Å². The molecule has 1 fully saturated rings. The summed E-state index contributed by atoms with van der Waals surface area (Å²) >= 11 is 3.30. The van der Waals surface area contributed by atoms with E-state index in [9.17, 15) is 9.59 Å². The Hall–Kier alpha value is -1.40. The van der Waals surface area contributed by atoms with Crippen molar-refractivity contribution in [1.82, 2.24) is 0 Å². The van der Waals surface area contributed by atoms with Gasteiger partial charge >= 0.3 is 5.97 Å². The summed E-state index contributed by atoms with van der Waals surface area (Å²) < 4.78 is 0.660. The SMILES string of the molecule is NC1CCC(C(=O)Nc2cc(C(=O)O)ccc2Br)C1. The Morgan fingerprint density at radius 2 is 2.11 bits per heavy atom. The van der Waals surface area contributed by atoms with Crippen molar-refractivity contribution >= 4 is 33.5 Å². The molecule has 0 spiro atoms. The maximum absolute atomic E-state index is 12.1. The number of aromatic carboxylic acids is 1. The minimum absolute atomic E-state index is 0.0875. The summed E-state index contributed by atoms with van der Waals surface area (Å²) in [5, 5.41) is 11.7. The van der Waals surface area contributed by atoms with E-state index in [-0.39, 0.29) is 23.4 Å². The molecule has 4 N–H and O–H groups in total. The molecule has 1 saturated carbocycles. The van der Waals surface area contributed by atoms with Crippen LogP contribution >= 0.6 is 15.9 Å². The van der Waals surface area contributed by atoms with Crippen LogP contribution in [-0.4, -0.2) is 23.0 Å². The Kier molecular flexibility index (Phi) is 4.21. The van der Waals surface area contributed by atoms with Gasteiger partial charge in [-0.15, -0.1) is 0 Å². The lowest BCUT2D eigenvalue weighted by molar-refractivity contribution is -0.119. The molecule has 2 rings (SSSR count). The number of carbonyl (C=O) groups excluding carboxylic acids is 1. The minimum atomic E-state index is -1.02. The van der Waals surface area contributed by atoms with Crippen LogP contribution in [-0.2, 0) is 4.79 Å². The number of carboxylic acid groups (broad SMARTS) is 1. The smallest absolute Gasteiger partial charge is 0.335 e. The summed E-state index contributed by atoms with van der Waals surface area (Å²) in [6.45, 7) is 0. The number of halogens is 1. The zero-order valence-corrected chi connectivity index (χ0v) is 11.8. The number of amides is 1. The molecular formula is C13H15BrN2O3. The minimum Gasteiger partial charge on any atom is -0.478 e. The normalized spacial score (nSPS) is 22.2. The van der Waals surface area contributed by atoms with Crippen molar-refractivity contribution in [1.29, 1.82) is 0 Å². The van der Waals surface area contributed by atoms with Gasteiger partial charge < -0.3 is 16.2 Å². The monoisotopic (exact) mass is 326 g/mol. The topological polar surface area (TPSA) is 92.4 Å². The van der Waals surface area contributed by atoms with Gasteiger partial charge in [0.15, 0.2) is 0 Å². The van der Waals surface area contributed by atoms with Gasteiger partial charge in [0.1, 0.15) is 0 Å². The number of hydrogen-bond acceptors (Lipinski definition) is 3. The van der Waals surface area contributed by atoms with Crippen LogP contribution in [0.2, 0.25) is 0 Å². The average Bonchev–Trinajstić information content (AvgIpc) is 2.78. The lowest BCUT2D eigenvalue weighted by atomic mass is 10.1. The third-order valence-electron chi connectivity index (χ3n) is 3.32. The maximum atomic E-state index is 12.1. The van der Waals surface area contributed by atoms with Crippen LogP contribution < -0.4 is 11.1 Å². The van der Waals surface area contributed by atoms with Crippen LogP contribution in [0.4, 0.5) is 5.69 Å². The Morgan fingerprint density at radius 1 is 1.37 bits per heavy atom. The Bertz CT molecular complexity index is 519. The molecule has 0 aromatic heterocycles. The molecule has 0 aliphatic heterocycles. The first-order valence-electron chi connectivity index (χ1n) is 6.06. The molecule has 0 bridgehead atoms. The van der Waals surface area contributed by atoms with Crippen molar-refractivity contribution in [3.8, 4) is 0 Å². The fourth-order valence-corrected chi connectivity index (χ4v) is 2.59. The van der Waals surface area contributed by atoms with Crippen molar-refractivity contribution in [3.63, 3.8) is 0 Å². The zero-order chi connectivity index (χ0) is 14.0. The molecule has 1 aliphatic carbocycles. The number of nitrogens with two attached hydrogens (primary N) is 1. The van der Waals surface area contributed by atoms with Crippen molar-refractivity contribution < 1.29 is 14.7 Å². The first kappa shape index (κ1) is 14.0. The molecule has 102 valence electrons. The molecule has 2 unspecified atom stereocenters. The molecule has 1 aromatic rings. The Labute approximate surface area is 119 Å². The van der Waals surface area contributed by atoms with E-state index in [2.05, 4.69) is 21.2 Å². The predicted molar refractivity (Wildman–Crippen MR) is 75.0 cm³/mol. The quantitative estimate of drug-likeness (QED) is 0.794. The van der Waals surface area contributed by atoms with Crippen molar-refractivity contribution in [3.05, 3.63) is 28.2 Å². The molecule has 1 amide bonds. The van der Waals surface area contributed by atoms with Gasteiger partial charge in [-0.05, 0) is 53.4 Å². The summed E-state index contributed by atoms with van der Waals surface area (Å²) in [7, 11) is 0. The van der Waals surface area contributed by atoms with Crippen LogP contribution in [0.1, 0.15) is 29.6 Å². The second kappa shape index (κ2) is 5.71. The van der Waals surface area contributed by atoms with Crippen LogP contribution in [0.15, 0.2) is 22.7 Å². The number of rotatable bonds is 3. The molecule has 19 heavy (non-hydrogen) atoms. The van der Waals surface area contributed by atoms with E-state index in [1.165, 1.54) is 12.1 Å². The van der Waals surface area contributed by atoms with Crippen molar-refractivity contribution in [2.24, 2.45) is 11.7 Å². The van der Waals surface area contributed by atoms with Gasteiger partial charge in [0, 0.05) is 16.4 Å². The molecule has 2 atom stereocenters. The van der Waals surface area contributed by atoms with Crippen molar-refractivity contribution in [2.75, 3.05) is 5.32 Å². The fourth-order valence-electron chi connectivity index (χ4n) is 2.24. The molecule has 6 heteroatoms. The summed E-state index contributed by atoms with van der Waals surface area (Å²) in [6, 6.07) is 4.62. The molecule has 0 heterocycles. The van der Waals surface area contributed by atoms with Crippen LogP contribution in [0, 0.1) is 5.92 Å². The highest BCUT2D eigenvalue weighted by molar-refractivity contribution is 9.10. The van der Waals surface area contributed by atoms with Gasteiger partial charge in [0.2, 0.25) is 5.91 Å². The average molecular weight is 327 g/mol. The summed E-state index contributed by atoms with van der Waals surface area (Å²) in [4.78, 5) is 23.0. The largest absolute Gasteiger partial charge is 0.478 e. The van der Waals surface area contributed by atoms with Crippen LogP contribution in [0.25, 0.3) is 0 Å². The van der Waals surface area contributed by atoms with E-state index in [0.717, 1.165) is 12.8 Å². The number of nitrogens with one attached hydrogen (secondary N) is 1. The predicted octanol–water partition coefficient (Wildman–Crippen LogP) is 2.21. The first-order chi connectivity index (χ1) is 8.97. The third-order valence-corrected chi connectivity index (χ3v) is 4.01.